The summed E-state index contributed by atoms with van der Waals surface area (Å²) in [5.41, 5.74) is 3.22. The minimum atomic E-state index is -0.682. The molecule has 3 N–H and O–H groups in total. The molecule has 35 heavy (non-hydrogen) atoms. The zero-order valence-corrected chi connectivity index (χ0v) is 20.4. The summed E-state index contributed by atoms with van der Waals surface area (Å²) >= 11 is 1.37. The number of H-pyrrole nitrogens is 1. The second kappa shape index (κ2) is 10.9. The molecule has 1 aliphatic heterocycles. The molecule has 0 spiro atoms. The number of aromatic nitrogens is 1. The molecular formula is C28H30N4O2S. The lowest BCUT2D eigenvalue weighted by Gasteiger charge is -2.29. The highest BCUT2D eigenvalue weighted by Gasteiger charge is 2.27. The maximum atomic E-state index is 13.5. The van der Waals surface area contributed by atoms with Gasteiger partial charge in [0.25, 0.3) is 5.91 Å². The fraction of sp³-hybridized carbons (Fsp3) is 0.286. The van der Waals surface area contributed by atoms with E-state index in [0.717, 1.165) is 29.6 Å². The molecule has 1 aliphatic rings. The predicted molar refractivity (Wildman–Crippen MR) is 141 cm³/mol. The van der Waals surface area contributed by atoms with E-state index < -0.39 is 6.04 Å². The van der Waals surface area contributed by atoms with Gasteiger partial charge in [-0.2, -0.15) is 0 Å². The van der Waals surface area contributed by atoms with E-state index in [9.17, 15) is 9.59 Å². The number of nitrogens with one attached hydrogen (secondary N) is 3. The van der Waals surface area contributed by atoms with Gasteiger partial charge in [0.15, 0.2) is 0 Å². The Kier molecular flexibility index (Phi) is 7.25. The highest BCUT2D eigenvalue weighted by Crippen LogP contribution is 2.25. The van der Waals surface area contributed by atoms with Gasteiger partial charge in [0.1, 0.15) is 6.04 Å². The van der Waals surface area contributed by atoms with E-state index in [-0.39, 0.29) is 17.9 Å². The number of carbonyl (C=O) groups excluding carboxylic acids is 2. The second-order valence-corrected chi connectivity index (χ2v) is 9.93. The number of fused-ring (bicyclic) bond motifs is 1. The van der Waals surface area contributed by atoms with Gasteiger partial charge in [-0.05, 0) is 54.6 Å². The molecular weight excluding hydrogens is 456 g/mol. The molecule has 0 bridgehead atoms. The fourth-order valence-corrected chi connectivity index (χ4v) is 5.50. The summed E-state index contributed by atoms with van der Waals surface area (Å²) in [7, 11) is 0. The third-order valence-electron chi connectivity index (χ3n) is 6.70. The van der Waals surface area contributed by atoms with Gasteiger partial charge in [0.2, 0.25) is 5.91 Å². The van der Waals surface area contributed by atoms with E-state index >= 15 is 0 Å². The normalized spacial score (nSPS) is 15.7. The van der Waals surface area contributed by atoms with Gasteiger partial charge in [-0.15, -0.1) is 11.3 Å². The van der Waals surface area contributed by atoms with Gasteiger partial charge in [0.05, 0.1) is 10.9 Å². The lowest BCUT2D eigenvalue weighted by molar-refractivity contribution is -0.123. The number of aromatic amines is 1. The number of benzene rings is 2. The van der Waals surface area contributed by atoms with Gasteiger partial charge in [-0.1, -0.05) is 54.6 Å². The topological polar surface area (TPSA) is 77.2 Å². The number of nitrogens with zero attached hydrogens (tertiary/aromatic N) is 1. The summed E-state index contributed by atoms with van der Waals surface area (Å²) in [6, 6.07) is 21.4. The number of hydrogen-bond donors (Lipinski definition) is 3. The average molecular weight is 487 g/mol. The molecule has 1 fully saturated rings. The van der Waals surface area contributed by atoms with Crippen LogP contribution in [0.2, 0.25) is 0 Å². The van der Waals surface area contributed by atoms with E-state index in [4.69, 9.17) is 0 Å². The van der Waals surface area contributed by atoms with Crippen LogP contribution in [0.25, 0.3) is 10.9 Å². The van der Waals surface area contributed by atoms with Crippen LogP contribution in [0, 0.1) is 0 Å². The zero-order chi connectivity index (χ0) is 24.0. The van der Waals surface area contributed by atoms with Gasteiger partial charge in [-0.3, -0.25) is 14.5 Å². The molecule has 3 heterocycles. The highest BCUT2D eigenvalue weighted by molar-refractivity contribution is 7.12. The van der Waals surface area contributed by atoms with Crippen molar-refractivity contribution in [2.24, 2.45) is 0 Å². The Morgan fingerprint density at radius 3 is 2.51 bits per heavy atom. The first kappa shape index (κ1) is 23.3. The molecule has 180 valence electrons. The van der Waals surface area contributed by atoms with Crippen LogP contribution in [0.1, 0.15) is 39.7 Å². The lowest BCUT2D eigenvalue weighted by atomic mass is 10.0. The molecule has 2 amide bonds. The Labute approximate surface area is 209 Å². The first-order valence-electron chi connectivity index (χ1n) is 12.1. The molecule has 5 rings (SSSR count). The van der Waals surface area contributed by atoms with E-state index in [1.807, 2.05) is 60.1 Å². The molecule has 6 nitrogen and oxygen atoms in total. The summed E-state index contributed by atoms with van der Waals surface area (Å²) in [4.78, 5) is 32.7. The van der Waals surface area contributed by atoms with Crippen LogP contribution in [0.3, 0.4) is 0 Å². The zero-order valence-electron chi connectivity index (χ0n) is 19.6. The summed E-state index contributed by atoms with van der Waals surface area (Å²) in [5, 5.41) is 9.08. The molecule has 2 atom stereocenters. The minimum Gasteiger partial charge on any atom is -0.361 e. The lowest BCUT2D eigenvalue weighted by Crippen LogP contribution is -2.49. The van der Waals surface area contributed by atoms with Crippen LogP contribution in [-0.2, 0) is 11.2 Å². The first-order chi connectivity index (χ1) is 17.2. The quantitative estimate of drug-likeness (QED) is 0.325. The average Bonchev–Trinajstić information content (AvgIpc) is 3.67. The maximum absolute atomic E-state index is 13.5. The van der Waals surface area contributed by atoms with Crippen molar-refractivity contribution in [3.05, 3.63) is 94.3 Å². The van der Waals surface area contributed by atoms with Crippen LogP contribution in [-0.4, -0.2) is 47.4 Å². The van der Waals surface area contributed by atoms with E-state index in [2.05, 4.69) is 32.7 Å². The standard InChI is InChI=1S/C28H30N4O2S/c33-27(30-19-25(32-14-6-7-15-32)20-9-2-1-3-10-20)24(31-28(34)26-13-8-16-35-26)17-21-18-29-23-12-5-4-11-22(21)23/h1-5,8-13,16,18,24-25,29H,6-7,14-15,17,19H2,(H,30,33)(H,31,34)/t24-,25+/m1/s1. The molecule has 7 heteroatoms. The monoisotopic (exact) mass is 486 g/mol. The van der Waals surface area contributed by atoms with Crippen LogP contribution < -0.4 is 10.6 Å². The number of rotatable bonds is 9. The third-order valence-corrected chi connectivity index (χ3v) is 7.57. The Balaban J connectivity index is 1.34. The van der Waals surface area contributed by atoms with Gasteiger partial charge >= 0.3 is 0 Å². The molecule has 0 saturated carbocycles. The second-order valence-electron chi connectivity index (χ2n) is 8.98. The Morgan fingerprint density at radius 2 is 1.74 bits per heavy atom. The summed E-state index contributed by atoms with van der Waals surface area (Å²) < 4.78 is 0. The largest absolute Gasteiger partial charge is 0.361 e. The Bertz CT molecular complexity index is 1260. The van der Waals surface area contributed by atoms with Gasteiger partial charge in [-0.25, -0.2) is 0 Å². The smallest absolute Gasteiger partial charge is 0.262 e. The summed E-state index contributed by atoms with van der Waals surface area (Å²) in [6.45, 7) is 2.56. The van der Waals surface area contributed by atoms with Crippen LogP contribution in [0.15, 0.2) is 78.3 Å². The minimum absolute atomic E-state index is 0.115. The van der Waals surface area contributed by atoms with Crippen LogP contribution >= 0.6 is 11.3 Å². The van der Waals surface area contributed by atoms with Crippen LogP contribution in [0.5, 0.6) is 0 Å². The van der Waals surface area contributed by atoms with Crippen molar-refractivity contribution >= 4 is 34.1 Å². The molecule has 0 radical (unpaired) electrons. The third kappa shape index (κ3) is 5.47. The van der Waals surface area contributed by atoms with Crippen LogP contribution in [0.4, 0.5) is 0 Å². The number of carbonyl (C=O) groups is 2. The van der Waals surface area contributed by atoms with Crippen molar-refractivity contribution in [1.29, 1.82) is 0 Å². The van der Waals surface area contributed by atoms with Gasteiger partial charge in [0, 0.05) is 30.1 Å². The highest BCUT2D eigenvalue weighted by atomic mass is 32.1. The number of hydrogen-bond acceptors (Lipinski definition) is 4. The SMILES string of the molecule is O=C(N[C@H](Cc1c[nH]c2ccccc12)C(=O)NC[C@@H](c1ccccc1)N1CCCC1)c1cccs1. The van der Waals surface area contributed by atoms with Crippen molar-refractivity contribution in [3.8, 4) is 0 Å². The van der Waals surface area contributed by atoms with Crippen molar-refractivity contribution in [3.63, 3.8) is 0 Å². The number of para-hydroxylation sites is 1. The van der Waals surface area contributed by atoms with E-state index in [0.29, 0.717) is 17.8 Å². The predicted octanol–water partition coefficient (Wildman–Crippen LogP) is 4.52. The van der Waals surface area contributed by atoms with E-state index in [1.165, 1.54) is 29.7 Å². The maximum Gasteiger partial charge on any atom is 0.262 e. The summed E-state index contributed by atoms with van der Waals surface area (Å²) in [5.74, 6) is -0.389. The molecule has 0 aliphatic carbocycles. The van der Waals surface area contributed by atoms with Crippen molar-refractivity contribution < 1.29 is 9.59 Å². The molecule has 1 saturated heterocycles. The molecule has 0 unspecified atom stereocenters. The number of amides is 2. The fourth-order valence-electron chi connectivity index (χ4n) is 4.87. The van der Waals surface area contributed by atoms with Crippen molar-refractivity contribution in [2.45, 2.75) is 31.3 Å². The number of likely N-dealkylation sites (tertiary alicyclic amines) is 1. The van der Waals surface area contributed by atoms with E-state index in [1.54, 1.807) is 6.07 Å². The van der Waals surface area contributed by atoms with Crippen molar-refractivity contribution in [2.75, 3.05) is 19.6 Å². The first-order valence-corrected chi connectivity index (χ1v) is 13.0. The van der Waals surface area contributed by atoms with Gasteiger partial charge < -0.3 is 15.6 Å². The Morgan fingerprint density at radius 1 is 0.971 bits per heavy atom. The molecule has 2 aromatic heterocycles. The van der Waals surface area contributed by atoms with Crippen molar-refractivity contribution in [1.82, 2.24) is 20.5 Å². The Hall–Kier alpha value is -3.42. The molecule has 2 aromatic carbocycles. The summed E-state index contributed by atoms with van der Waals surface area (Å²) in [6.07, 6.45) is 4.70. The number of thiophene rings is 1. The molecule has 4 aromatic rings.